The molecule has 2 amide bonds. The molecule has 0 radical (unpaired) electrons. The summed E-state index contributed by atoms with van der Waals surface area (Å²) in [6.07, 6.45) is 10.1. The third kappa shape index (κ3) is 8.62. The van der Waals surface area contributed by atoms with E-state index >= 15 is 0 Å². The van der Waals surface area contributed by atoms with Gasteiger partial charge < -0.3 is 5.11 Å². The number of nitrogens with one attached hydrogen (secondary N) is 2. The molecule has 43 heavy (non-hydrogen) atoms. The first-order valence-corrected chi connectivity index (χ1v) is 16.0. The van der Waals surface area contributed by atoms with Gasteiger partial charge in [-0.05, 0) is 41.8 Å². The van der Waals surface area contributed by atoms with E-state index in [0.717, 1.165) is 47.3 Å². The van der Waals surface area contributed by atoms with Crippen molar-refractivity contribution in [1.29, 1.82) is 0 Å². The third-order valence-corrected chi connectivity index (χ3v) is 8.02. The molecular weight excluding hydrogens is 570 g/mol. The highest BCUT2D eigenvalue weighted by atomic mass is 32.2. The zero-order valence-electron chi connectivity index (χ0n) is 24.1. The number of aromatic hydroxyl groups is 1. The monoisotopic (exact) mass is 607 g/mol. The quantitative estimate of drug-likeness (QED) is 0.0803. The van der Waals surface area contributed by atoms with Gasteiger partial charge in [-0.15, -0.1) is 15.0 Å². The number of phenols is 1. The molecule has 0 bridgehead atoms. The Morgan fingerprint density at radius 1 is 0.791 bits per heavy atom. The molecule has 228 valence electrons. The maximum Gasteiger partial charge on any atom is 0.295 e. The molecule has 0 unspecified atom stereocenters. The Bertz CT molecular complexity index is 1670. The summed E-state index contributed by atoms with van der Waals surface area (Å²) in [5, 5.41) is 19.1. The predicted molar refractivity (Wildman–Crippen MR) is 163 cm³/mol. The first kappa shape index (κ1) is 31.6. The third-order valence-electron chi connectivity index (χ3n) is 7.13. The molecule has 0 fully saturated rings. The van der Waals surface area contributed by atoms with Gasteiger partial charge >= 0.3 is 0 Å². The van der Waals surface area contributed by atoms with E-state index in [1.807, 2.05) is 30.3 Å². The summed E-state index contributed by atoms with van der Waals surface area (Å²) in [5.41, 5.74) is 6.19. The highest BCUT2D eigenvalue weighted by Crippen LogP contribution is 2.29. The highest BCUT2D eigenvalue weighted by Gasteiger charge is 2.24. The molecule has 4 N–H and O–H groups in total. The van der Waals surface area contributed by atoms with Crippen LogP contribution in [0.3, 0.4) is 0 Å². The van der Waals surface area contributed by atoms with Gasteiger partial charge in [-0.1, -0.05) is 94.7 Å². The molecule has 0 aliphatic carbocycles. The second-order valence-corrected chi connectivity index (χ2v) is 11.8. The maximum atomic E-state index is 12.9. The average molecular weight is 608 g/mol. The van der Waals surface area contributed by atoms with E-state index < -0.39 is 32.4 Å². The lowest BCUT2D eigenvalue weighted by molar-refractivity contribution is -0.122. The van der Waals surface area contributed by atoms with E-state index in [9.17, 15) is 27.7 Å². The van der Waals surface area contributed by atoms with Crippen molar-refractivity contribution in [1.82, 2.24) is 25.8 Å². The highest BCUT2D eigenvalue weighted by molar-refractivity contribution is 7.86. The number of carbonyl (C=O) groups excluding carboxylic acids is 2. The molecule has 1 aromatic heterocycles. The summed E-state index contributed by atoms with van der Waals surface area (Å²) in [5.74, 6) is -1.48. The first-order valence-electron chi connectivity index (χ1n) is 14.5. The Balaban J connectivity index is 1.44. The van der Waals surface area contributed by atoms with Crippen LogP contribution in [-0.4, -0.2) is 44.9 Å². The van der Waals surface area contributed by atoms with Crippen LogP contribution in [0.4, 0.5) is 0 Å². The zero-order valence-corrected chi connectivity index (χ0v) is 24.9. The average Bonchev–Trinajstić information content (AvgIpc) is 3.41. The molecule has 0 aliphatic rings. The van der Waals surface area contributed by atoms with Crippen LogP contribution in [0.1, 0.15) is 81.5 Å². The van der Waals surface area contributed by atoms with Crippen LogP contribution in [0.5, 0.6) is 5.75 Å². The number of rotatable bonds is 14. The largest absolute Gasteiger partial charge is 0.506 e. The minimum Gasteiger partial charge on any atom is -0.506 e. The molecule has 4 aromatic rings. The molecular formula is C31H37N5O6S. The smallest absolute Gasteiger partial charge is 0.295 e. The molecule has 4 rings (SSSR count). The van der Waals surface area contributed by atoms with Crippen molar-refractivity contribution >= 4 is 33.0 Å². The Morgan fingerprint density at radius 2 is 1.42 bits per heavy atom. The van der Waals surface area contributed by atoms with Gasteiger partial charge in [-0.2, -0.15) is 8.42 Å². The van der Waals surface area contributed by atoms with Crippen molar-refractivity contribution in [2.24, 2.45) is 0 Å². The molecule has 0 aliphatic heterocycles. The van der Waals surface area contributed by atoms with E-state index in [0.29, 0.717) is 6.42 Å². The van der Waals surface area contributed by atoms with Crippen molar-refractivity contribution in [2.45, 2.75) is 76.0 Å². The van der Waals surface area contributed by atoms with E-state index in [1.54, 1.807) is 12.1 Å². The minimum absolute atomic E-state index is 0.0584. The molecule has 11 nitrogen and oxygen atoms in total. The summed E-state index contributed by atoms with van der Waals surface area (Å²) in [4.78, 5) is 25.6. The summed E-state index contributed by atoms with van der Waals surface area (Å²) in [7, 11) is -4.85. The van der Waals surface area contributed by atoms with Crippen LogP contribution in [-0.2, 0) is 14.9 Å². The van der Waals surface area contributed by atoms with Gasteiger partial charge in [0.05, 0.1) is 5.56 Å². The van der Waals surface area contributed by atoms with Crippen molar-refractivity contribution in [2.75, 3.05) is 0 Å². The maximum absolute atomic E-state index is 12.9. The number of hydrogen-bond donors (Lipinski definition) is 4. The Morgan fingerprint density at radius 3 is 2.07 bits per heavy atom. The normalized spacial score (nSPS) is 11.5. The van der Waals surface area contributed by atoms with Gasteiger partial charge in [0.1, 0.15) is 27.4 Å². The van der Waals surface area contributed by atoms with E-state index in [1.165, 1.54) is 38.2 Å². The fraction of sp³-hybridized carbons (Fsp3) is 0.355. The molecule has 0 saturated carbocycles. The van der Waals surface area contributed by atoms with E-state index in [-0.39, 0.29) is 28.9 Å². The fourth-order valence-electron chi connectivity index (χ4n) is 4.79. The van der Waals surface area contributed by atoms with Gasteiger partial charge in [-0.25, -0.2) is 0 Å². The molecule has 1 heterocycles. The van der Waals surface area contributed by atoms with Crippen molar-refractivity contribution in [3.8, 4) is 22.6 Å². The molecule has 0 saturated heterocycles. The number of benzene rings is 3. The number of phenolic OH excluding ortho intramolecular Hbond substituents is 1. The number of hydrogen-bond acceptors (Lipinski definition) is 7. The lowest BCUT2D eigenvalue weighted by atomic mass is 10.1. The number of hydrazine groups is 1. The minimum atomic E-state index is -4.85. The fourth-order valence-corrected chi connectivity index (χ4v) is 5.48. The van der Waals surface area contributed by atoms with Crippen molar-refractivity contribution in [3.63, 3.8) is 0 Å². The summed E-state index contributed by atoms with van der Waals surface area (Å²) in [6, 6.07) is 16.5. The van der Waals surface area contributed by atoms with Gasteiger partial charge in [0, 0.05) is 6.42 Å². The summed E-state index contributed by atoms with van der Waals surface area (Å²) < 4.78 is 34.2. The number of nitrogens with zero attached hydrogens (tertiary/aromatic N) is 3. The van der Waals surface area contributed by atoms with E-state index in [2.05, 4.69) is 28.0 Å². The van der Waals surface area contributed by atoms with Gasteiger partial charge in [-0.3, -0.25) is 25.0 Å². The van der Waals surface area contributed by atoms with Crippen LogP contribution < -0.4 is 10.9 Å². The van der Waals surface area contributed by atoms with Gasteiger partial charge in [0.2, 0.25) is 5.91 Å². The Hall–Kier alpha value is -4.29. The Kier molecular flexibility index (Phi) is 10.8. The summed E-state index contributed by atoms with van der Waals surface area (Å²) >= 11 is 0. The molecule has 3 aromatic carbocycles. The van der Waals surface area contributed by atoms with Gasteiger partial charge in [0.25, 0.3) is 16.0 Å². The number of aromatic nitrogens is 3. The molecule has 0 spiro atoms. The lowest BCUT2D eigenvalue weighted by Gasteiger charge is -2.10. The number of unbranched alkanes of at least 4 members (excludes halogenated alkanes) is 8. The van der Waals surface area contributed by atoms with E-state index in [4.69, 9.17) is 0 Å². The number of fused-ring (bicyclic) bond motifs is 1. The molecule has 0 atom stereocenters. The van der Waals surface area contributed by atoms with Gasteiger partial charge in [0.15, 0.2) is 0 Å². The number of carbonyl (C=O) groups is 2. The van der Waals surface area contributed by atoms with Crippen LogP contribution in [0.15, 0.2) is 65.6 Å². The van der Waals surface area contributed by atoms with Crippen LogP contribution in [0.2, 0.25) is 0 Å². The summed E-state index contributed by atoms with van der Waals surface area (Å²) in [6.45, 7) is 2.19. The van der Waals surface area contributed by atoms with Crippen LogP contribution in [0, 0.1) is 0 Å². The predicted octanol–water partition coefficient (Wildman–Crippen LogP) is 5.72. The van der Waals surface area contributed by atoms with Crippen LogP contribution >= 0.6 is 0 Å². The SMILES string of the molecule is CCCCCCCCCCCC(=O)NNC(=O)c1cc2nn(-c3cc(-c4ccccc4)ccc3O)nc2cc1S(=O)(=O)O. The Labute approximate surface area is 251 Å². The second-order valence-electron chi connectivity index (χ2n) is 10.5. The standard InChI is InChI=1S/C31H37N5O6S/c1-2-3-4-5-6-7-8-9-13-16-30(38)32-33-31(39)24-20-25-26(21-29(24)43(40,41)42)35-36(34-25)27-19-23(17-18-28(27)37)22-14-11-10-12-15-22/h10-12,14-15,17-21,37H,2-9,13,16H2,1H3,(H,32,38)(H,33,39)(H,40,41,42). The topological polar surface area (TPSA) is 164 Å². The first-order chi connectivity index (χ1) is 20.7. The zero-order chi connectivity index (χ0) is 30.8. The molecule has 12 heteroatoms. The van der Waals surface area contributed by atoms with Crippen molar-refractivity contribution in [3.05, 3.63) is 66.2 Å². The second kappa shape index (κ2) is 14.7. The lowest BCUT2D eigenvalue weighted by Crippen LogP contribution is -2.42. The van der Waals surface area contributed by atoms with Crippen LogP contribution in [0.25, 0.3) is 27.8 Å². The number of amides is 2. The van der Waals surface area contributed by atoms with Crippen molar-refractivity contribution < 1.29 is 27.7 Å².